The molecule has 2 heterocycles. The van der Waals surface area contributed by atoms with Crippen LogP contribution < -0.4 is 15.4 Å². The Morgan fingerprint density at radius 2 is 2.00 bits per heavy atom. The number of carbonyl (C=O) groups is 2. The lowest BCUT2D eigenvalue weighted by Gasteiger charge is -2.07. The molecule has 0 spiro atoms. The maximum Gasteiger partial charge on any atom is 0.251 e. The van der Waals surface area contributed by atoms with Crippen LogP contribution in [0, 0.1) is 6.92 Å². The molecule has 9 nitrogen and oxygen atoms in total. The molecule has 0 saturated heterocycles. The Labute approximate surface area is 182 Å². The summed E-state index contributed by atoms with van der Waals surface area (Å²) in [6, 6.07) is 6.91. The number of nitrogens with one attached hydrogen (secondary N) is 2. The molecule has 0 bridgehead atoms. The van der Waals surface area contributed by atoms with E-state index in [2.05, 4.69) is 25.8 Å². The van der Waals surface area contributed by atoms with Crippen LogP contribution in [0.25, 0.3) is 0 Å². The number of amides is 2. The first-order chi connectivity index (χ1) is 14.5. The highest BCUT2D eigenvalue weighted by atomic mass is 32.2. The number of hydrogen-bond donors (Lipinski definition) is 2. The zero-order valence-corrected chi connectivity index (χ0v) is 18.5. The third kappa shape index (κ3) is 5.80. The molecule has 0 atom stereocenters. The second-order valence-electron chi connectivity index (χ2n) is 6.32. The molecule has 0 saturated carbocycles. The minimum absolute atomic E-state index is 0.148. The number of ether oxygens (including phenoxy) is 1. The highest BCUT2D eigenvalue weighted by Crippen LogP contribution is 2.18. The van der Waals surface area contributed by atoms with Crippen molar-refractivity contribution in [3.63, 3.8) is 0 Å². The van der Waals surface area contributed by atoms with Crippen molar-refractivity contribution in [2.45, 2.75) is 18.5 Å². The van der Waals surface area contributed by atoms with Gasteiger partial charge in [0.05, 0.1) is 18.6 Å². The summed E-state index contributed by atoms with van der Waals surface area (Å²) in [5, 5.41) is 17.0. The zero-order chi connectivity index (χ0) is 21.5. The molecule has 0 aliphatic carbocycles. The molecule has 11 heteroatoms. The summed E-state index contributed by atoms with van der Waals surface area (Å²) in [5.41, 5.74) is 1.44. The minimum Gasteiger partial charge on any atom is -0.497 e. The van der Waals surface area contributed by atoms with Crippen LogP contribution in [-0.4, -0.2) is 51.0 Å². The van der Waals surface area contributed by atoms with Crippen LogP contribution in [0.5, 0.6) is 5.75 Å². The molecule has 2 N–H and O–H groups in total. The van der Waals surface area contributed by atoms with Gasteiger partial charge in [-0.2, -0.15) is 0 Å². The van der Waals surface area contributed by atoms with Gasteiger partial charge in [0.25, 0.3) is 5.91 Å². The third-order valence-corrected chi connectivity index (χ3v) is 6.00. The number of thioether (sulfide) groups is 1. The Bertz CT molecular complexity index is 1020. The monoisotopic (exact) mass is 446 g/mol. The number of anilines is 1. The fourth-order valence-electron chi connectivity index (χ4n) is 2.52. The molecule has 158 valence electrons. The van der Waals surface area contributed by atoms with Gasteiger partial charge >= 0.3 is 0 Å². The molecule has 0 radical (unpaired) electrons. The van der Waals surface area contributed by atoms with Gasteiger partial charge in [0, 0.05) is 31.0 Å². The first-order valence-corrected chi connectivity index (χ1v) is 11.0. The summed E-state index contributed by atoms with van der Waals surface area (Å²) in [5.74, 6) is 1.32. The van der Waals surface area contributed by atoms with Crippen LogP contribution in [0.3, 0.4) is 0 Å². The van der Waals surface area contributed by atoms with Gasteiger partial charge in [0.15, 0.2) is 10.3 Å². The molecule has 3 rings (SSSR count). The van der Waals surface area contributed by atoms with E-state index in [0.29, 0.717) is 34.6 Å². The predicted octanol–water partition coefficient (Wildman–Crippen LogP) is 2.29. The second-order valence-corrected chi connectivity index (χ2v) is 8.12. The zero-order valence-electron chi connectivity index (χ0n) is 16.8. The van der Waals surface area contributed by atoms with Crippen molar-refractivity contribution < 1.29 is 14.3 Å². The summed E-state index contributed by atoms with van der Waals surface area (Å²) in [7, 11) is 3.42. The predicted molar refractivity (Wildman–Crippen MR) is 116 cm³/mol. The summed E-state index contributed by atoms with van der Waals surface area (Å²) >= 11 is 2.69. The molecule has 0 aliphatic rings. The van der Waals surface area contributed by atoms with Gasteiger partial charge in [-0.3, -0.25) is 9.59 Å². The van der Waals surface area contributed by atoms with Crippen molar-refractivity contribution in [2.75, 3.05) is 24.7 Å². The van der Waals surface area contributed by atoms with Gasteiger partial charge in [0.1, 0.15) is 11.6 Å². The van der Waals surface area contributed by atoms with Gasteiger partial charge in [-0.25, -0.2) is 4.98 Å². The molecule has 0 unspecified atom stereocenters. The summed E-state index contributed by atoms with van der Waals surface area (Å²) in [4.78, 5) is 28.5. The molecular formula is C19H22N6O3S2. The van der Waals surface area contributed by atoms with Crippen LogP contribution in [0.15, 0.2) is 34.8 Å². The standard InChI is InChI=1S/C19H22N6O3S2/c1-12-10-29-18(21-12)22-16(26)11-30-19-24-23-15(25(19)2)8-9-20-17(27)13-4-6-14(28-3)7-5-13/h4-7,10H,8-9,11H2,1-3H3,(H,20,27)(H,21,22,26). The topological polar surface area (TPSA) is 111 Å². The number of aryl methyl sites for hydroxylation is 1. The van der Waals surface area contributed by atoms with E-state index >= 15 is 0 Å². The average Bonchev–Trinajstić information content (AvgIpc) is 3.31. The fourth-order valence-corrected chi connectivity index (χ4v) is 3.95. The molecule has 2 aromatic heterocycles. The largest absolute Gasteiger partial charge is 0.497 e. The van der Waals surface area contributed by atoms with Gasteiger partial charge in [-0.1, -0.05) is 11.8 Å². The lowest BCUT2D eigenvalue weighted by atomic mass is 10.2. The first-order valence-electron chi connectivity index (χ1n) is 9.11. The number of benzene rings is 1. The van der Waals surface area contributed by atoms with E-state index in [4.69, 9.17) is 4.74 Å². The van der Waals surface area contributed by atoms with E-state index < -0.39 is 0 Å². The third-order valence-electron chi connectivity index (χ3n) is 4.11. The fraction of sp³-hybridized carbons (Fsp3) is 0.316. The normalized spacial score (nSPS) is 10.6. The number of thiazole rings is 1. The van der Waals surface area contributed by atoms with E-state index in [-0.39, 0.29) is 17.6 Å². The van der Waals surface area contributed by atoms with E-state index in [1.807, 2.05) is 23.9 Å². The van der Waals surface area contributed by atoms with Gasteiger partial charge < -0.3 is 19.9 Å². The second kappa shape index (κ2) is 10.2. The van der Waals surface area contributed by atoms with Crippen LogP contribution >= 0.6 is 23.1 Å². The number of hydrogen-bond acceptors (Lipinski definition) is 8. The lowest BCUT2D eigenvalue weighted by Crippen LogP contribution is -2.26. The minimum atomic E-state index is -0.163. The van der Waals surface area contributed by atoms with Crippen molar-refractivity contribution in [2.24, 2.45) is 7.05 Å². The van der Waals surface area contributed by atoms with Crippen molar-refractivity contribution >= 4 is 40.0 Å². The van der Waals surface area contributed by atoms with Crippen LogP contribution in [0.2, 0.25) is 0 Å². The van der Waals surface area contributed by atoms with Gasteiger partial charge in [-0.05, 0) is 31.2 Å². The Morgan fingerprint density at radius 3 is 2.67 bits per heavy atom. The van der Waals surface area contributed by atoms with Crippen molar-refractivity contribution in [3.8, 4) is 5.75 Å². The number of rotatable bonds is 9. The Balaban J connectivity index is 1.45. The van der Waals surface area contributed by atoms with E-state index in [1.54, 1.807) is 31.4 Å². The Kier molecular flexibility index (Phi) is 7.41. The molecule has 2 amide bonds. The first kappa shape index (κ1) is 21.8. The summed E-state index contributed by atoms with van der Waals surface area (Å²) in [6.45, 7) is 2.30. The number of methoxy groups -OCH3 is 1. The number of carbonyl (C=O) groups excluding carboxylic acids is 2. The van der Waals surface area contributed by atoms with Crippen molar-refractivity contribution in [1.29, 1.82) is 0 Å². The maximum absolute atomic E-state index is 12.2. The highest BCUT2D eigenvalue weighted by Gasteiger charge is 2.13. The summed E-state index contributed by atoms with van der Waals surface area (Å²) in [6.07, 6.45) is 0.524. The molecular weight excluding hydrogens is 424 g/mol. The van der Waals surface area contributed by atoms with Gasteiger partial charge in [0.2, 0.25) is 5.91 Å². The Hall–Kier alpha value is -2.92. The van der Waals surface area contributed by atoms with E-state index in [0.717, 1.165) is 11.5 Å². The molecule has 0 aliphatic heterocycles. The Morgan fingerprint density at radius 1 is 1.23 bits per heavy atom. The molecule has 30 heavy (non-hydrogen) atoms. The van der Waals surface area contributed by atoms with Crippen LogP contribution in [-0.2, 0) is 18.3 Å². The maximum atomic E-state index is 12.2. The molecule has 3 aromatic rings. The van der Waals surface area contributed by atoms with Crippen LogP contribution in [0.1, 0.15) is 21.9 Å². The highest BCUT2D eigenvalue weighted by molar-refractivity contribution is 7.99. The van der Waals surface area contributed by atoms with Crippen molar-refractivity contribution in [1.82, 2.24) is 25.1 Å². The number of nitrogens with zero attached hydrogens (tertiary/aromatic N) is 4. The van der Waals surface area contributed by atoms with E-state index in [9.17, 15) is 9.59 Å². The SMILES string of the molecule is COc1ccc(C(=O)NCCc2nnc(SCC(=O)Nc3nc(C)cs3)n2C)cc1. The van der Waals surface area contributed by atoms with Crippen LogP contribution in [0.4, 0.5) is 5.13 Å². The van der Waals surface area contributed by atoms with E-state index in [1.165, 1.54) is 23.1 Å². The summed E-state index contributed by atoms with van der Waals surface area (Å²) < 4.78 is 6.91. The van der Waals surface area contributed by atoms with Crippen molar-refractivity contribution in [3.05, 3.63) is 46.7 Å². The number of aromatic nitrogens is 4. The molecule has 1 aromatic carbocycles. The average molecular weight is 447 g/mol. The quantitative estimate of drug-likeness (QED) is 0.485. The smallest absolute Gasteiger partial charge is 0.251 e. The van der Waals surface area contributed by atoms with Gasteiger partial charge in [-0.15, -0.1) is 21.5 Å². The molecule has 0 fully saturated rings. The lowest BCUT2D eigenvalue weighted by molar-refractivity contribution is -0.113.